The number of fused-ring (bicyclic) bond motifs is 1. The van der Waals surface area contributed by atoms with Gasteiger partial charge >= 0.3 is 0 Å². The van der Waals surface area contributed by atoms with Gasteiger partial charge in [0.1, 0.15) is 0 Å². The summed E-state index contributed by atoms with van der Waals surface area (Å²) in [5, 5.41) is 4.58. The standard InChI is InChI=1S/C17H17N3/c1-12-10-17(15-4-2-3-5-16(15)19-12)20-14-8-6-13(11-18)7-9-14/h2-10H,11,18H2,1H3,(H,19,20). The minimum absolute atomic E-state index is 0.567. The largest absolute Gasteiger partial charge is 0.355 e. The van der Waals surface area contributed by atoms with Crippen LogP contribution in [-0.4, -0.2) is 4.98 Å². The first-order valence-electron chi connectivity index (χ1n) is 6.69. The Kier molecular flexibility index (Phi) is 3.35. The average molecular weight is 263 g/mol. The van der Waals surface area contributed by atoms with E-state index >= 15 is 0 Å². The lowest BCUT2D eigenvalue weighted by molar-refractivity contribution is 1.07. The van der Waals surface area contributed by atoms with Crippen molar-refractivity contribution in [2.24, 2.45) is 5.73 Å². The van der Waals surface area contributed by atoms with E-state index in [0.29, 0.717) is 6.54 Å². The topological polar surface area (TPSA) is 50.9 Å². The molecule has 3 aromatic rings. The zero-order chi connectivity index (χ0) is 13.9. The Bertz CT molecular complexity index is 733. The van der Waals surface area contributed by atoms with Crippen molar-refractivity contribution in [3.8, 4) is 0 Å². The van der Waals surface area contributed by atoms with Crippen molar-refractivity contribution >= 4 is 22.3 Å². The van der Waals surface area contributed by atoms with Crippen LogP contribution in [0, 0.1) is 6.92 Å². The summed E-state index contributed by atoms with van der Waals surface area (Å²) in [6.45, 7) is 2.58. The van der Waals surface area contributed by atoms with Gasteiger partial charge in [0.05, 0.1) is 5.52 Å². The Morgan fingerprint density at radius 1 is 1.05 bits per heavy atom. The molecular formula is C17H17N3. The van der Waals surface area contributed by atoms with Gasteiger partial charge in [0.25, 0.3) is 0 Å². The van der Waals surface area contributed by atoms with Crippen molar-refractivity contribution in [2.75, 3.05) is 5.32 Å². The van der Waals surface area contributed by atoms with E-state index in [1.54, 1.807) is 0 Å². The number of aryl methyl sites for hydroxylation is 1. The van der Waals surface area contributed by atoms with E-state index in [1.165, 1.54) is 0 Å². The molecule has 0 amide bonds. The molecule has 0 bridgehead atoms. The van der Waals surface area contributed by atoms with Gasteiger partial charge in [-0.1, -0.05) is 30.3 Å². The zero-order valence-corrected chi connectivity index (χ0v) is 11.4. The van der Waals surface area contributed by atoms with E-state index in [4.69, 9.17) is 5.73 Å². The van der Waals surface area contributed by atoms with Gasteiger partial charge in [-0.25, -0.2) is 0 Å². The molecule has 0 unspecified atom stereocenters. The Hall–Kier alpha value is -2.39. The molecule has 3 rings (SSSR count). The molecule has 0 radical (unpaired) electrons. The van der Waals surface area contributed by atoms with Crippen molar-refractivity contribution < 1.29 is 0 Å². The molecule has 3 nitrogen and oxygen atoms in total. The number of hydrogen-bond donors (Lipinski definition) is 2. The second kappa shape index (κ2) is 5.31. The number of pyridine rings is 1. The van der Waals surface area contributed by atoms with Crippen molar-refractivity contribution in [1.82, 2.24) is 4.98 Å². The number of rotatable bonds is 3. The molecule has 3 heteroatoms. The van der Waals surface area contributed by atoms with Gasteiger partial charge < -0.3 is 11.1 Å². The minimum Gasteiger partial charge on any atom is -0.355 e. The number of benzene rings is 2. The first-order valence-corrected chi connectivity index (χ1v) is 6.69. The Balaban J connectivity index is 2.01. The van der Waals surface area contributed by atoms with E-state index in [9.17, 15) is 0 Å². The van der Waals surface area contributed by atoms with Gasteiger partial charge in [-0.05, 0) is 36.8 Å². The van der Waals surface area contributed by atoms with E-state index in [1.807, 2.05) is 49.4 Å². The highest BCUT2D eigenvalue weighted by Gasteiger charge is 2.03. The molecule has 1 aromatic heterocycles. The van der Waals surface area contributed by atoms with Crippen LogP contribution in [0.2, 0.25) is 0 Å². The van der Waals surface area contributed by atoms with Crippen LogP contribution in [0.25, 0.3) is 10.9 Å². The molecular weight excluding hydrogens is 246 g/mol. The molecule has 3 N–H and O–H groups in total. The van der Waals surface area contributed by atoms with Gasteiger partial charge in [-0.15, -0.1) is 0 Å². The monoisotopic (exact) mass is 263 g/mol. The zero-order valence-electron chi connectivity index (χ0n) is 11.4. The number of anilines is 2. The maximum Gasteiger partial charge on any atom is 0.0726 e. The highest BCUT2D eigenvalue weighted by Crippen LogP contribution is 2.26. The van der Waals surface area contributed by atoms with Gasteiger partial charge in [0.2, 0.25) is 0 Å². The number of para-hydroxylation sites is 1. The Morgan fingerprint density at radius 2 is 1.80 bits per heavy atom. The number of nitrogens with zero attached hydrogens (tertiary/aromatic N) is 1. The summed E-state index contributed by atoms with van der Waals surface area (Å²) in [5.41, 5.74) is 10.9. The normalized spacial score (nSPS) is 10.7. The minimum atomic E-state index is 0.567. The van der Waals surface area contributed by atoms with Crippen LogP contribution in [0.3, 0.4) is 0 Å². The molecule has 0 aliphatic carbocycles. The van der Waals surface area contributed by atoms with E-state index < -0.39 is 0 Å². The van der Waals surface area contributed by atoms with E-state index in [0.717, 1.165) is 33.5 Å². The fraction of sp³-hybridized carbons (Fsp3) is 0.118. The molecule has 0 aliphatic rings. The number of nitrogens with one attached hydrogen (secondary N) is 1. The molecule has 0 aliphatic heterocycles. The first kappa shape index (κ1) is 12.6. The van der Waals surface area contributed by atoms with E-state index in [2.05, 4.69) is 22.4 Å². The molecule has 2 aromatic carbocycles. The molecule has 0 atom stereocenters. The Labute approximate surface area is 118 Å². The summed E-state index contributed by atoms with van der Waals surface area (Å²) in [5.74, 6) is 0. The van der Waals surface area contributed by atoms with Crippen molar-refractivity contribution in [3.05, 3.63) is 65.9 Å². The van der Waals surface area contributed by atoms with Gasteiger partial charge in [0, 0.05) is 29.0 Å². The summed E-state index contributed by atoms with van der Waals surface area (Å²) in [4.78, 5) is 4.55. The van der Waals surface area contributed by atoms with Crippen LogP contribution in [0.15, 0.2) is 54.6 Å². The SMILES string of the molecule is Cc1cc(Nc2ccc(CN)cc2)c2ccccc2n1. The lowest BCUT2D eigenvalue weighted by atomic mass is 10.1. The summed E-state index contributed by atoms with van der Waals surface area (Å²) in [6, 6.07) is 18.4. The number of nitrogens with two attached hydrogens (primary N) is 1. The summed E-state index contributed by atoms with van der Waals surface area (Å²) in [7, 11) is 0. The smallest absolute Gasteiger partial charge is 0.0726 e. The van der Waals surface area contributed by atoms with Crippen LogP contribution >= 0.6 is 0 Å². The first-order chi connectivity index (χ1) is 9.76. The molecule has 0 saturated carbocycles. The molecule has 0 fully saturated rings. The molecule has 0 saturated heterocycles. The number of hydrogen-bond acceptors (Lipinski definition) is 3. The van der Waals surface area contributed by atoms with Gasteiger partial charge in [-0.3, -0.25) is 4.98 Å². The van der Waals surface area contributed by atoms with Crippen LogP contribution in [0.4, 0.5) is 11.4 Å². The fourth-order valence-corrected chi connectivity index (χ4v) is 2.29. The summed E-state index contributed by atoms with van der Waals surface area (Å²) < 4.78 is 0. The van der Waals surface area contributed by atoms with Crippen LogP contribution in [0.1, 0.15) is 11.3 Å². The predicted molar refractivity (Wildman–Crippen MR) is 84.1 cm³/mol. The molecule has 100 valence electrons. The van der Waals surface area contributed by atoms with E-state index in [-0.39, 0.29) is 0 Å². The van der Waals surface area contributed by atoms with Crippen LogP contribution < -0.4 is 11.1 Å². The van der Waals surface area contributed by atoms with Crippen LogP contribution in [-0.2, 0) is 6.54 Å². The maximum absolute atomic E-state index is 5.62. The third-order valence-electron chi connectivity index (χ3n) is 3.31. The maximum atomic E-state index is 5.62. The second-order valence-corrected chi connectivity index (χ2v) is 4.85. The average Bonchev–Trinajstić information content (AvgIpc) is 2.48. The van der Waals surface area contributed by atoms with Crippen molar-refractivity contribution in [1.29, 1.82) is 0 Å². The van der Waals surface area contributed by atoms with Crippen molar-refractivity contribution in [3.63, 3.8) is 0 Å². The highest BCUT2D eigenvalue weighted by molar-refractivity contribution is 5.93. The summed E-state index contributed by atoms with van der Waals surface area (Å²) in [6.07, 6.45) is 0. The second-order valence-electron chi connectivity index (χ2n) is 4.85. The highest BCUT2D eigenvalue weighted by atomic mass is 14.9. The quantitative estimate of drug-likeness (QED) is 0.756. The summed E-state index contributed by atoms with van der Waals surface area (Å²) >= 11 is 0. The lowest BCUT2D eigenvalue weighted by Crippen LogP contribution is -1.97. The van der Waals surface area contributed by atoms with Gasteiger partial charge in [0.15, 0.2) is 0 Å². The Morgan fingerprint density at radius 3 is 2.55 bits per heavy atom. The third kappa shape index (κ3) is 2.49. The lowest BCUT2D eigenvalue weighted by Gasteiger charge is -2.11. The molecule has 20 heavy (non-hydrogen) atoms. The number of aromatic nitrogens is 1. The molecule has 1 heterocycles. The predicted octanol–water partition coefficient (Wildman–Crippen LogP) is 3.75. The third-order valence-corrected chi connectivity index (χ3v) is 3.31. The van der Waals surface area contributed by atoms with Crippen LogP contribution in [0.5, 0.6) is 0 Å². The van der Waals surface area contributed by atoms with Crippen molar-refractivity contribution in [2.45, 2.75) is 13.5 Å². The molecule has 0 spiro atoms. The fourth-order valence-electron chi connectivity index (χ4n) is 2.29. The van der Waals surface area contributed by atoms with Gasteiger partial charge in [-0.2, -0.15) is 0 Å².